The average Bonchev–Trinajstić information content (AvgIpc) is 3.28. The zero-order chi connectivity index (χ0) is 22.9. The van der Waals surface area contributed by atoms with Crippen molar-refractivity contribution in [3.63, 3.8) is 0 Å². The van der Waals surface area contributed by atoms with Gasteiger partial charge in [0.1, 0.15) is 12.3 Å². The molecule has 1 aromatic rings. The Morgan fingerprint density at radius 2 is 2.06 bits per heavy atom. The number of benzene rings is 1. The van der Waals surface area contributed by atoms with E-state index in [1.165, 1.54) is 25.1 Å². The molecular formula is C24H40N6O2. The molecule has 2 saturated heterocycles. The summed E-state index contributed by atoms with van der Waals surface area (Å²) in [5, 5.41) is 7.14. The molecule has 8 heteroatoms. The Morgan fingerprint density at radius 1 is 1.25 bits per heavy atom. The van der Waals surface area contributed by atoms with Crippen LogP contribution in [0.15, 0.2) is 29.3 Å². The van der Waals surface area contributed by atoms with Crippen LogP contribution in [0.3, 0.4) is 0 Å². The van der Waals surface area contributed by atoms with E-state index >= 15 is 0 Å². The minimum absolute atomic E-state index is 0.00352. The molecule has 2 heterocycles. The molecule has 2 fully saturated rings. The number of anilines is 1. The quantitative estimate of drug-likeness (QED) is 0.470. The van der Waals surface area contributed by atoms with Crippen LogP contribution in [-0.4, -0.2) is 94.2 Å². The number of guanidine groups is 1. The molecule has 0 radical (unpaired) electrons. The van der Waals surface area contributed by atoms with Crippen molar-refractivity contribution >= 4 is 17.6 Å². The van der Waals surface area contributed by atoms with Crippen molar-refractivity contribution < 1.29 is 9.53 Å². The van der Waals surface area contributed by atoms with Crippen LogP contribution in [-0.2, 0) is 4.79 Å². The number of likely N-dealkylation sites (N-methyl/N-ethyl adjacent to an activating group) is 2. The van der Waals surface area contributed by atoms with Gasteiger partial charge in [0.05, 0.1) is 7.11 Å². The van der Waals surface area contributed by atoms with Crippen LogP contribution in [0, 0.1) is 0 Å². The Hall–Kier alpha value is -2.48. The van der Waals surface area contributed by atoms with Gasteiger partial charge in [0.15, 0.2) is 5.96 Å². The fourth-order valence-electron chi connectivity index (χ4n) is 4.53. The third-order valence-corrected chi connectivity index (χ3v) is 6.46. The summed E-state index contributed by atoms with van der Waals surface area (Å²) in [6.45, 7) is 7.37. The van der Waals surface area contributed by atoms with E-state index in [4.69, 9.17) is 4.74 Å². The first kappa shape index (κ1) is 24.2. The molecule has 32 heavy (non-hydrogen) atoms. The molecule has 1 amide bonds. The maximum absolute atomic E-state index is 12.1. The first-order valence-electron chi connectivity index (χ1n) is 11.9. The van der Waals surface area contributed by atoms with E-state index in [0.29, 0.717) is 6.04 Å². The highest BCUT2D eigenvalue weighted by atomic mass is 16.5. The normalized spacial score (nSPS) is 22.0. The number of hydrogen-bond acceptors (Lipinski definition) is 5. The molecule has 2 N–H and O–H groups in total. The van der Waals surface area contributed by atoms with Gasteiger partial charge in [0, 0.05) is 57.6 Å². The van der Waals surface area contributed by atoms with Gasteiger partial charge in [-0.2, -0.15) is 0 Å². The lowest BCUT2D eigenvalue weighted by Crippen LogP contribution is -2.53. The highest BCUT2D eigenvalue weighted by Crippen LogP contribution is 2.24. The lowest BCUT2D eigenvalue weighted by molar-refractivity contribution is -0.127. The number of piperidine rings is 1. The summed E-state index contributed by atoms with van der Waals surface area (Å²) in [6.07, 6.45) is 4.63. The molecule has 2 atom stereocenters. The summed E-state index contributed by atoms with van der Waals surface area (Å²) in [4.78, 5) is 23.2. The molecule has 0 spiro atoms. The van der Waals surface area contributed by atoms with E-state index in [1.54, 1.807) is 26.1 Å². The second-order valence-electron chi connectivity index (χ2n) is 8.89. The molecule has 0 aromatic heterocycles. The zero-order valence-corrected chi connectivity index (χ0v) is 20.1. The molecule has 178 valence electrons. The molecule has 3 rings (SSSR count). The Bertz CT molecular complexity index is 769. The van der Waals surface area contributed by atoms with Crippen LogP contribution in [0.4, 0.5) is 5.69 Å². The van der Waals surface area contributed by atoms with Gasteiger partial charge in [-0.1, -0.05) is 13.0 Å². The minimum Gasteiger partial charge on any atom is -0.497 e. The number of methoxy groups -OCH3 is 1. The number of nitrogens with zero attached hydrogens (tertiary/aromatic N) is 4. The van der Waals surface area contributed by atoms with Crippen molar-refractivity contribution in [3.05, 3.63) is 24.3 Å². The van der Waals surface area contributed by atoms with Crippen molar-refractivity contribution in [3.8, 4) is 5.75 Å². The molecule has 2 aliphatic rings. The second-order valence-corrected chi connectivity index (χ2v) is 8.89. The fourth-order valence-corrected chi connectivity index (χ4v) is 4.53. The number of ether oxygens (including phenoxy) is 1. The van der Waals surface area contributed by atoms with Crippen LogP contribution in [0.2, 0.25) is 0 Å². The first-order chi connectivity index (χ1) is 15.5. The largest absolute Gasteiger partial charge is 0.497 e. The van der Waals surface area contributed by atoms with E-state index in [2.05, 4.69) is 44.5 Å². The summed E-state index contributed by atoms with van der Waals surface area (Å²) in [5.41, 5.74) is 1.18. The number of nitrogens with one attached hydrogen (secondary N) is 2. The Labute approximate surface area is 193 Å². The smallest absolute Gasteiger partial charge is 0.243 e. The van der Waals surface area contributed by atoms with Crippen LogP contribution >= 0.6 is 0 Å². The van der Waals surface area contributed by atoms with Gasteiger partial charge in [0.2, 0.25) is 5.91 Å². The highest BCUT2D eigenvalue weighted by molar-refractivity contribution is 5.85. The molecule has 2 aliphatic heterocycles. The van der Waals surface area contributed by atoms with E-state index in [1.807, 2.05) is 12.1 Å². The SMILES string of the molecule is CCN1CCCC1CNC(=NCC(=O)N(C)C)NC1CCCN(c2cccc(OC)c2)C1. The first-order valence-corrected chi connectivity index (χ1v) is 11.9. The summed E-state index contributed by atoms with van der Waals surface area (Å²) in [6, 6.07) is 9.02. The monoisotopic (exact) mass is 444 g/mol. The minimum atomic E-state index is 0.00352. The predicted molar refractivity (Wildman–Crippen MR) is 131 cm³/mol. The fraction of sp³-hybridized carbons (Fsp3) is 0.667. The van der Waals surface area contributed by atoms with Crippen molar-refractivity contribution in [2.24, 2.45) is 4.99 Å². The maximum Gasteiger partial charge on any atom is 0.243 e. The van der Waals surface area contributed by atoms with Crippen LogP contribution in [0.25, 0.3) is 0 Å². The molecule has 0 bridgehead atoms. The van der Waals surface area contributed by atoms with Crippen LogP contribution in [0.1, 0.15) is 32.6 Å². The van der Waals surface area contributed by atoms with Gasteiger partial charge < -0.3 is 25.2 Å². The van der Waals surface area contributed by atoms with Crippen LogP contribution in [0.5, 0.6) is 5.75 Å². The van der Waals surface area contributed by atoms with E-state index < -0.39 is 0 Å². The van der Waals surface area contributed by atoms with Gasteiger partial charge in [-0.25, -0.2) is 4.99 Å². The summed E-state index contributed by atoms with van der Waals surface area (Å²) in [5.74, 6) is 1.62. The molecular weight excluding hydrogens is 404 g/mol. The van der Waals surface area contributed by atoms with E-state index in [0.717, 1.165) is 50.7 Å². The number of carbonyl (C=O) groups excluding carboxylic acids is 1. The Kier molecular flexibility index (Phi) is 9.02. The van der Waals surface area contributed by atoms with Gasteiger partial charge in [0.25, 0.3) is 0 Å². The van der Waals surface area contributed by atoms with Crippen molar-refractivity contribution in [2.45, 2.75) is 44.7 Å². The van der Waals surface area contributed by atoms with Gasteiger partial charge in [-0.15, -0.1) is 0 Å². The van der Waals surface area contributed by atoms with Crippen molar-refractivity contribution in [1.82, 2.24) is 20.4 Å². The summed E-state index contributed by atoms with van der Waals surface area (Å²) < 4.78 is 5.40. The summed E-state index contributed by atoms with van der Waals surface area (Å²) in [7, 11) is 5.24. The third-order valence-electron chi connectivity index (χ3n) is 6.46. The van der Waals surface area contributed by atoms with E-state index in [9.17, 15) is 4.79 Å². The number of amides is 1. The summed E-state index contributed by atoms with van der Waals surface area (Å²) >= 11 is 0. The topological polar surface area (TPSA) is 72.4 Å². The second kappa shape index (κ2) is 11.9. The number of rotatable bonds is 8. The lowest BCUT2D eigenvalue weighted by atomic mass is 10.0. The molecule has 0 saturated carbocycles. The van der Waals surface area contributed by atoms with Gasteiger partial charge >= 0.3 is 0 Å². The van der Waals surface area contributed by atoms with E-state index in [-0.39, 0.29) is 18.5 Å². The molecule has 2 unspecified atom stereocenters. The van der Waals surface area contributed by atoms with Crippen LogP contribution < -0.4 is 20.3 Å². The standard InChI is InChI=1S/C24H40N6O2/c1-5-29-13-8-11-21(29)16-25-24(26-17-23(31)28(2)3)27-19-9-7-14-30(18-19)20-10-6-12-22(15-20)32-4/h6,10,12,15,19,21H,5,7-9,11,13-14,16-18H2,1-4H3,(H2,25,26,27). The Morgan fingerprint density at radius 3 is 2.81 bits per heavy atom. The number of hydrogen-bond donors (Lipinski definition) is 2. The lowest BCUT2D eigenvalue weighted by Gasteiger charge is -2.36. The number of likely N-dealkylation sites (tertiary alicyclic amines) is 1. The number of aliphatic imine (C=N–C) groups is 1. The molecule has 1 aromatic carbocycles. The molecule has 0 aliphatic carbocycles. The maximum atomic E-state index is 12.1. The van der Waals surface area contributed by atoms with Crippen molar-refractivity contribution in [1.29, 1.82) is 0 Å². The Balaban J connectivity index is 1.64. The average molecular weight is 445 g/mol. The highest BCUT2D eigenvalue weighted by Gasteiger charge is 2.25. The van der Waals surface area contributed by atoms with Crippen molar-refractivity contribution in [2.75, 3.05) is 65.4 Å². The molecule has 8 nitrogen and oxygen atoms in total. The predicted octanol–water partition coefficient (Wildman–Crippen LogP) is 1.77. The number of carbonyl (C=O) groups is 1. The zero-order valence-electron chi connectivity index (χ0n) is 20.1. The van der Waals surface area contributed by atoms with Gasteiger partial charge in [-0.3, -0.25) is 9.69 Å². The third kappa shape index (κ3) is 6.76. The van der Waals surface area contributed by atoms with Gasteiger partial charge in [-0.05, 0) is 50.9 Å².